The largest absolute Gasteiger partial charge is 0.439 e. The average Bonchev–Trinajstić information content (AvgIpc) is 2.20. The number of ether oxygens (including phenoxy) is 2. The molecule has 1 fully saturated rings. The first kappa shape index (κ1) is 7.01. The van der Waals surface area contributed by atoms with E-state index in [0.29, 0.717) is 0 Å². The fraction of sp³-hybridized carbons (Fsp3) is 0.600. The van der Waals surface area contributed by atoms with Crippen LogP contribution in [0.3, 0.4) is 0 Å². The van der Waals surface area contributed by atoms with Crippen molar-refractivity contribution in [1.29, 1.82) is 0 Å². The Hall–Kier alpha value is -1.10. The van der Waals surface area contributed by atoms with Crippen LogP contribution in [0, 0.1) is 0 Å². The zero-order valence-electron chi connectivity index (χ0n) is 5.49. The maximum Gasteiger partial charge on any atom is 0.419 e. The Labute approximate surface area is 57.5 Å². The summed E-state index contributed by atoms with van der Waals surface area (Å²) >= 11 is 0. The topological polar surface area (TPSA) is 55.8 Å². The van der Waals surface area contributed by atoms with Gasteiger partial charge in [-0.2, -0.15) is 0 Å². The lowest BCUT2D eigenvalue weighted by Gasteiger charge is -2.06. The molecule has 0 aromatic carbocycles. The number of hydrogen-bond acceptors (Lipinski definition) is 4. The van der Waals surface area contributed by atoms with E-state index < -0.39 is 6.09 Å². The maximum absolute atomic E-state index is 10.7. The van der Waals surface area contributed by atoms with Crippen molar-refractivity contribution in [3.8, 4) is 0 Å². The molecule has 0 spiro atoms. The van der Waals surface area contributed by atoms with Gasteiger partial charge in [-0.1, -0.05) is 0 Å². The van der Waals surface area contributed by atoms with Gasteiger partial charge in [0.2, 0.25) is 0 Å². The highest BCUT2D eigenvalue weighted by Crippen LogP contribution is 2.03. The minimum absolute atomic E-state index is 0.0301. The van der Waals surface area contributed by atoms with E-state index in [9.17, 15) is 9.59 Å². The Morgan fingerprint density at radius 3 is 2.80 bits per heavy atom. The van der Waals surface area contributed by atoms with Crippen molar-refractivity contribution in [2.45, 2.75) is 0 Å². The molecule has 1 saturated heterocycles. The Morgan fingerprint density at radius 2 is 2.40 bits per heavy atom. The smallest absolute Gasteiger partial charge is 0.419 e. The number of rotatable bonds is 2. The number of nitrogens with zero attached hydrogens (tertiary/aromatic N) is 1. The van der Waals surface area contributed by atoms with Gasteiger partial charge in [0.15, 0.2) is 6.61 Å². The van der Waals surface area contributed by atoms with E-state index in [-0.39, 0.29) is 19.2 Å². The van der Waals surface area contributed by atoms with Crippen molar-refractivity contribution in [1.82, 2.24) is 4.90 Å². The van der Waals surface area contributed by atoms with Crippen LogP contribution in [0.4, 0.5) is 4.79 Å². The lowest BCUT2D eigenvalue weighted by Crippen LogP contribution is -2.30. The van der Waals surface area contributed by atoms with Crippen LogP contribution >= 0.6 is 0 Å². The van der Waals surface area contributed by atoms with Gasteiger partial charge in [-0.3, -0.25) is 4.79 Å². The quantitative estimate of drug-likeness (QED) is 0.529. The van der Waals surface area contributed by atoms with Gasteiger partial charge in [0.1, 0.15) is 6.73 Å². The highest BCUT2D eigenvalue weighted by atomic mass is 16.6. The molecule has 5 nitrogen and oxygen atoms in total. The van der Waals surface area contributed by atoms with Gasteiger partial charge in [0.05, 0.1) is 0 Å². The summed E-state index contributed by atoms with van der Waals surface area (Å²) in [7, 11) is 1.40. The molecule has 1 rings (SSSR count). The molecule has 10 heavy (non-hydrogen) atoms. The zero-order chi connectivity index (χ0) is 7.56. The summed E-state index contributed by atoms with van der Waals surface area (Å²) in [5, 5.41) is 0. The number of imide groups is 1. The predicted octanol–water partition coefficient (Wildman–Crippen LogP) is -0.431. The van der Waals surface area contributed by atoms with Crippen LogP contribution in [0.2, 0.25) is 0 Å². The van der Waals surface area contributed by atoms with Crippen LogP contribution in [-0.2, 0) is 14.3 Å². The molecule has 0 aromatic heterocycles. The van der Waals surface area contributed by atoms with E-state index in [2.05, 4.69) is 9.47 Å². The van der Waals surface area contributed by atoms with E-state index in [4.69, 9.17) is 0 Å². The lowest BCUT2D eigenvalue weighted by molar-refractivity contribution is -0.128. The molecule has 1 aliphatic heterocycles. The summed E-state index contributed by atoms with van der Waals surface area (Å²) in [4.78, 5) is 22.2. The third-order valence-corrected chi connectivity index (χ3v) is 1.10. The van der Waals surface area contributed by atoms with Crippen LogP contribution < -0.4 is 0 Å². The molecule has 0 radical (unpaired) electrons. The second-order valence-corrected chi connectivity index (χ2v) is 1.79. The number of cyclic esters (lactones) is 1. The number of amides is 2. The molecule has 5 heteroatoms. The molecule has 0 aliphatic carbocycles. The SMILES string of the molecule is COCN1C(=O)COC1=O. The predicted molar refractivity (Wildman–Crippen MR) is 30.1 cm³/mol. The lowest BCUT2D eigenvalue weighted by atomic mass is 10.6. The Morgan fingerprint density at radius 1 is 1.70 bits per heavy atom. The molecule has 1 heterocycles. The first-order chi connectivity index (χ1) is 4.75. The molecule has 0 unspecified atom stereocenters. The standard InChI is InChI=1S/C5H7NO4/c1-9-3-6-4(7)2-10-5(6)8/h2-3H2,1H3. The molecule has 2 amide bonds. The van der Waals surface area contributed by atoms with Crippen LogP contribution in [0.25, 0.3) is 0 Å². The van der Waals surface area contributed by atoms with Gasteiger partial charge >= 0.3 is 6.09 Å². The summed E-state index contributed by atoms with van der Waals surface area (Å²) in [6, 6.07) is 0. The average molecular weight is 145 g/mol. The third-order valence-electron chi connectivity index (χ3n) is 1.10. The summed E-state index contributed by atoms with van der Waals surface area (Å²) in [5.74, 6) is -0.355. The monoisotopic (exact) mass is 145 g/mol. The molecule has 0 saturated carbocycles. The molecular formula is C5H7NO4. The van der Waals surface area contributed by atoms with Crippen molar-refractivity contribution in [2.24, 2.45) is 0 Å². The normalized spacial score (nSPS) is 17.9. The fourth-order valence-electron chi connectivity index (χ4n) is 0.635. The fourth-order valence-corrected chi connectivity index (χ4v) is 0.635. The van der Waals surface area contributed by atoms with Crippen molar-refractivity contribution < 1.29 is 19.1 Å². The molecule has 1 aliphatic rings. The summed E-state index contributed by atoms with van der Waals surface area (Å²) < 4.78 is 8.96. The second-order valence-electron chi connectivity index (χ2n) is 1.79. The first-order valence-electron chi connectivity index (χ1n) is 2.71. The summed E-state index contributed by atoms with van der Waals surface area (Å²) in [5.41, 5.74) is 0. The van der Waals surface area contributed by atoms with E-state index in [1.807, 2.05) is 0 Å². The molecular weight excluding hydrogens is 138 g/mol. The molecule has 0 aromatic rings. The van der Waals surface area contributed by atoms with Crippen molar-refractivity contribution in [3.05, 3.63) is 0 Å². The second kappa shape index (κ2) is 2.66. The Bertz CT molecular complexity index is 151. The Kier molecular flexibility index (Phi) is 1.86. The van der Waals surface area contributed by atoms with Gasteiger partial charge < -0.3 is 9.47 Å². The van der Waals surface area contributed by atoms with Crippen molar-refractivity contribution in [3.63, 3.8) is 0 Å². The van der Waals surface area contributed by atoms with Gasteiger partial charge in [0.25, 0.3) is 5.91 Å². The van der Waals surface area contributed by atoms with E-state index in [1.165, 1.54) is 7.11 Å². The third kappa shape index (κ3) is 1.08. The van der Waals surface area contributed by atoms with E-state index in [1.54, 1.807) is 0 Å². The van der Waals surface area contributed by atoms with Gasteiger partial charge in [-0.15, -0.1) is 0 Å². The number of methoxy groups -OCH3 is 1. The number of carbonyl (C=O) groups excluding carboxylic acids is 2. The van der Waals surface area contributed by atoms with Crippen LogP contribution in [-0.4, -0.2) is 37.3 Å². The zero-order valence-corrected chi connectivity index (χ0v) is 5.49. The van der Waals surface area contributed by atoms with Gasteiger partial charge in [0, 0.05) is 7.11 Å². The number of hydrogen-bond donors (Lipinski definition) is 0. The van der Waals surface area contributed by atoms with Crippen molar-refractivity contribution >= 4 is 12.0 Å². The molecule has 0 atom stereocenters. The highest BCUT2D eigenvalue weighted by Gasteiger charge is 2.30. The molecule has 0 bridgehead atoms. The van der Waals surface area contributed by atoms with E-state index >= 15 is 0 Å². The van der Waals surface area contributed by atoms with Gasteiger partial charge in [-0.25, -0.2) is 9.69 Å². The van der Waals surface area contributed by atoms with Crippen LogP contribution in [0.1, 0.15) is 0 Å². The summed E-state index contributed by atoms with van der Waals surface area (Å²) in [6.45, 7) is -0.195. The minimum Gasteiger partial charge on any atom is -0.439 e. The number of carbonyl (C=O) groups is 2. The van der Waals surface area contributed by atoms with E-state index in [0.717, 1.165) is 4.90 Å². The maximum atomic E-state index is 10.7. The minimum atomic E-state index is -0.633. The van der Waals surface area contributed by atoms with Crippen LogP contribution in [0.15, 0.2) is 0 Å². The molecule has 0 N–H and O–H groups in total. The molecule has 56 valence electrons. The van der Waals surface area contributed by atoms with Crippen LogP contribution in [0.5, 0.6) is 0 Å². The first-order valence-corrected chi connectivity index (χ1v) is 2.71. The van der Waals surface area contributed by atoms with Gasteiger partial charge in [-0.05, 0) is 0 Å². The Balaban J connectivity index is 2.54. The highest BCUT2D eigenvalue weighted by molar-refractivity contribution is 5.97. The summed E-state index contributed by atoms with van der Waals surface area (Å²) in [6.07, 6.45) is -0.633. The van der Waals surface area contributed by atoms with Crippen molar-refractivity contribution in [2.75, 3.05) is 20.4 Å².